The molecule has 1 aromatic heterocycles. The van der Waals surface area contributed by atoms with Gasteiger partial charge in [0.1, 0.15) is 11.6 Å². The molecule has 1 amide bonds. The van der Waals surface area contributed by atoms with Gasteiger partial charge in [-0.15, -0.1) is 0 Å². The Morgan fingerprint density at radius 1 is 0.738 bits per heavy atom. The molecular weight excluding hydrogens is 532 g/mol. The normalized spacial score (nSPS) is 19.0. The van der Waals surface area contributed by atoms with E-state index in [0.717, 1.165) is 21.3 Å². The van der Waals surface area contributed by atoms with Crippen LogP contribution in [0.1, 0.15) is 33.4 Å². The Morgan fingerprint density at radius 3 is 1.83 bits per heavy atom. The first kappa shape index (κ1) is 26.9. The summed E-state index contributed by atoms with van der Waals surface area (Å²) in [5, 5.41) is 11.9. The number of ketones is 1. The van der Waals surface area contributed by atoms with Crippen LogP contribution in [-0.2, 0) is 29.2 Å². The number of aliphatic hydroxyl groups is 1. The number of Topliss-reactive ketones (excluding diaryl/α,β-unsaturated/α-hetero) is 1. The summed E-state index contributed by atoms with van der Waals surface area (Å²) in [6, 6.07) is 21.1. The molecule has 9 nitrogen and oxygen atoms in total. The van der Waals surface area contributed by atoms with E-state index in [1.54, 1.807) is 60.7 Å². The smallest absolute Gasteiger partial charge is 0.332 e. The third-order valence-corrected chi connectivity index (χ3v) is 8.06. The molecule has 2 aliphatic heterocycles. The predicted molar refractivity (Wildman–Crippen MR) is 160 cm³/mol. The molecule has 6 rings (SSSR count). The van der Waals surface area contributed by atoms with Gasteiger partial charge in [-0.3, -0.25) is 28.4 Å². The van der Waals surface area contributed by atoms with Crippen molar-refractivity contribution in [2.45, 2.75) is 26.3 Å². The van der Waals surface area contributed by atoms with Crippen molar-refractivity contribution < 1.29 is 14.7 Å². The number of amides is 1. The SMILES string of the molecule is Cc1ccc(C2=Nc3c(c(=O)n(C)c(=O)n3C)C23/C(=C(\O)c2ccc(C)cc2)C(=O)C(=O)N3c2ccc(C)cc2)cc1. The minimum atomic E-state index is -1.98. The molecular formula is C33H28N4O5. The van der Waals surface area contributed by atoms with E-state index in [4.69, 9.17) is 4.99 Å². The van der Waals surface area contributed by atoms with Gasteiger partial charge < -0.3 is 5.11 Å². The van der Waals surface area contributed by atoms with Crippen LogP contribution in [0.5, 0.6) is 0 Å². The average Bonchev–Trinajstić information content (AvgIpc) is 3.43. The van der Waals surface area contributed by atoms with Crippen LogP contribution in [0.25, 0.3) is 5.76 Å². The van der Waals surface area contributed by atoms with E-state index < -0.39 is 34.2 Å². The van der Waals surface area contributed by atoms with Gasteiger partial charge >= 0.3 is 11.6 Å². The number of nitrogens with zero attached hydrogens (tertiary/aromatic N) is 4. The second kappa shape index (κ2) is 9.37. The molecule has 2 aliphatic rings. The van der Waals surface area contributed by atoms with Gasteiger partial charge in [0, 0.05) is 25.3 Å². The van der Waals surface area contributed by atoms with Gasteiger partial charge in [0.05, 0.1) is 16.8 Å². The molecule has 1 spiro atoms. The maximum absolute atomic E-state index is 14.1. The summed E-state index contributed by atoms with van der Waals surface area (Å²) >= 11 is 0. The summed E-state index contributed by atoms with van der Waals surface area (Å²) in [6.07, 6.45) is 0. The molecule has 1 atom stereocenters. The molecule has 9 heteroatoms. The van der Waals surface area contributed by atoms with Gasteiger partial charge in [-0.25, -0.2) is 9.79 Å². The molecule has 0 saturated carbocycles. The first-order valence-electron chi connectivity index (χ1n) is 13.4. The van der Waals surface area contributed by atoms with Crippen molar-refractivity contribution in [3.8, 4) is 0 Å². The minimum Gasteiger partial charge on any atom is -0.507 e. The first-order valence-corrected chi connectivity index (χ1v) is 13.4. The fourth-order valence-electron chi connectivity index (χ4n) is 5.81. The summed E-state index contributed by atoms with van der Waals surface area (Å²) in [7, 11) is 2.81. The van der Waals surface area contributed by atoms with Crippen molar-refractivity contribution >= 4 is 34.7 Å². The number of fused-ring (bicyclic) bond motifs is 2. The van der Waals surface area contributed by atoms with Gasteiger partial charge in [-0.05, 0) is 38.5 Å². The highest BCUT2D eigenvalue weighted by molar-refractivity contribution is 6.55. The molecule has 1 saturated heterocycles. The van der Waals surface area contributed by atoms with Crippen LogP contribution in [0.4, 0.5) is 11.5 Å². The van der Waals surface area contributed by atoms with Gasteiger partial charge in [-0.2, -0.15) is 0 Å². The molecule has 42 heavy (non-hydrogen) atoms. The molecule has 1 N–H and O–H groups in total. The predicted octanol–water partition coefficient (Wildman–Crippen LogP) is 3.92. The summed E-state index contributed by atoms with van der Waals surface area (Å²) in [6.45, 7) is 5.69. The topological polar surface area (TPSA) is 114 Å². The Morgan fingerprint density at radius 2 is 1.26 bits per heavy atom. The van der Waals surface area contributed by atoms with Gasteiger partial charge in [0.2, 0.25) is 0 Å². The number of carbonyl (C=O) groups excluding carboxylic acids is 2. The van der Waals surface area contributed by atoms with E-state index in [9.17, 15) is 24.3 Å². The standard InChI is InChI=1S/C33H28N4O5/c1-18-6-12-21(13-7-18)26(38)24-27(39)31(41)37(23-16-10-20(3)11-17-23)33(24)25-29(35(4)32(42)36(5)30(25)40)34-28(33)22-14-8-19(2)9-15-22/h6-17,38H,1-5H3/b26-24-. The maximum atomic E-state index is 14.1. The van der Waals surface area contributed by atoms with Gasteiger partial charge in [-0.1, -0.05) is 77.4 Å². The van der Waals surface area contributed by atoms with Crippen molar-refractivity contribution in [1.29, 1.82) is 0 Å². The molecule has 1 unspecified atom stereocenters. The lowest BCUT2D eigenvalue weighted by atomic mass is 9.76. The summed E-state index contributed by atoms with van der Waals surface area (Å²) in [4.78, 5) is 61.6. The number of aryl methyl sites for hydroxylation is 3. The van der Waals surface area contributed by atoms with Crippen molar-refractivity contribution in [3.05, 3.63) is 133 Å². The Kier molecular flexibility index (Phi) is 6.00. The van der Waals surface area contributed by atoms with Crippen LogP contribution < -0.4 is 16.1 Å². The number of anilines is 1. The zero-order valence-corrected chi connectivity index (χ0v) is 23.8. The van der Waals surface area contributed by atoms with Crippen molar-refractivity contribution in [2.75, 3.05) is 4.90 Å². The number of carbonyl (C=O) groups is 2. The van der Waals surface area contributed by atoms with Gasteiger partial charge in [0.15, 0.2) is 5.54 Å². The van der Waals surface area contributed by atoms with Crippen LogP contribution in [0.3, 0.4) is 0 Å². The lowest BCUT2D eigenvalue weighted by Crippen LogP contribution is -2.54. The molecule has 4 aromatic rings. The lowest BCUT2D eigenvalue weighted by molar-refractivity contribution is -0.132. The van der Waals surface area contributed by atoms with Crippen LogP contribution in [0, 0.1) is 20.8 Å². The Balaban J connectivity index is 1.85. The van der Waals surface area contributed by atoms with E-state index in [2.05, 4.69) is 0 Å². The summed E-state index contributed by atoms with van der Waals surface area (Å²) < 4.78 is 2.15. The van der Waals surface area contributed by atoms with E-state index in [1.165, 1.54) is 23.6 Å². The molecule has 3 heterocycles. The molecule has 0 bridgehead atoms. The number of hydrogen-bond donors (Lipinski definition) is 1. The monoisotopic (exact) mass is 560 g/mol. The second-order valence-electron chi connectivity index (χ2n) is 10.8. The van der Waals surface area contributed by atoms with E-state index >= 15 is 0 Å². The highest BCUT2D eigenvalue weighted by Gasteiger charge is 2.66. The van der Waals surface area contributed by atoms with Crippen molar-refractivity contribution in [3.63, 3.8) is 0 Å². The third-order valence-electron chi connectivity index (χ3n) is 8.06. The molecule has 0 aliphatic carbocycles. The van der Waals surface area contributed by atoms with Crippen molar-refractivity contribution in [2.24, 2.45) is 19.1 Å². The number of hydrogen-bond acceptors (Lipinski definition) is 6. The Hall–Kier alpha value is -5.31. The van der Waals surface area contributed by atoms with Gasteiger partial charge in [0.25, 0.3) is 11.3 Å². The number of benzene rings is 3. The number of rotatable bonds is 3. The first-order chi connectivity index (χ1) is 20.0. The van der Waals surface area contributed by atoms with E-state index in [1.807, 2.05) is 32.9 Å². The largest absolute Gasteiger partial charge is 0.507 e. The van der Waals surface area contributed by atoms with E-state index in [-0.39, 0.29) is 22.7 Å². The molecule has 1 fully saturated rings. The average molecular weight is 561 g/mol. The lowest BCUT2D eigenvalue weighted by Gasteiger charge is -2.37. The number of aromatic nitrogens is 2. The molecule has 0 radical (unpaired) electrons. The van der Waals surface area contributed by atoms with Crippen LogP contribution in [0.15, 0.2) is 93.0 Å². The third kappa shape index (κ3) is 3.59. The quantitative estimate of drug-likeness (QED) is 0.232. The van der Waals surface area contributed by atoms with Crippen molar-refractivity contribution in [1.82, 2.24) is 9.13 Å². The number of aliphatic imine (C=N–C) groups is 1. The van der Waals surface area contributed by atoms with Crippen LogP contribution in [0.2, 0.25) is 0 Å². The van der Waals surface area contributed by atoms with Crippen LogP contribution >= 0.6 is 0 Å². The molecule has 3 aromatic carbocycles. The Bertz CT molecular complexity index is 2000. The minimum absolute atomic E-state index is 0.00694. The maximum Gasteiger partial charge on any atom is 0.332 e. The zero-order chi connectivity index (χ0) is 30.1. The highest BCUT2D eigenvalue weighted by atomic mass is 16.3. The summed E-state index contributed by atoms with van der Waals surface area (Å²) in [5.74, 6) is -2.35. The fraction of sp³-hybridized carbons (Fsp3) is 0.182. The fourth-order valence-corrected chi connectivity index (χ4v) is 5.81. The number of aliphatic hydroxyl groups excluding tert-OH is 1. The summed E-state index contributed by atoms with van der Waals surface area (Å²) in [5.41, 5.74) is 0.407. The zero-order valence-electron chi connectivity index (χ0n) is 23.8. The Labute approximate surface area is 241 Å². The second-order valence-corrected chi connectivity index (χ2v) is 10.8. The van der Waals surface area contributed by atoms with E-state index in [0.29, 0.717) is 16.8 Å². The molecule has 210 valence electrons. The van der Waals surface area contributed by atoms with Crippen LogP contribution in [-0.4, -0.2) is 31.6 Å². The highest BCUT2D eigenvalue weighted by Crippen LogP contribution is 2.54.